The topological polar surface area (TPSA) is 24.1 Å². The molecule has 1 rings (SSSR count). The van der Waals surface area contributed by atoms with Crippen LogP contribution in [0.2, 0.25) is 0 Å². The normalized spacial score (nSPS) is 28.3. The maximum Gasteiger partial charge on any atom is 0.0192 e. The molecule has 0 saturated carbocycles. The number of nitrogens with one attached hydrogen (secondary N) is 2. The van der Waals surface area contributed by atoms with E-state index in [1.807, 2.05) is 0 Å². The van der Waals surface area contributed by atoms with Gasteiger partial charge in [0.25, 0.3) is 0 Å². The van der Waals surface area contributed by atoms with E-state index >= 15 is 0 Å². The Morgan fingerprint density at radius 1 is 1.44 bits per heavy atom. The first-order chi connectivity index (χ1) is 4.43. The molecular weight excluding hydrogens is 112 g/mol. The summed E-state index contributed by atoms with van der Waals surface area (Å²) in [4.78, 5) is 0. The standard InChI is InChI=1S/C7H16N2/c1-2-3-7-6-8-4-5-9-7/h7-9H,2-6H2,1H3. The Morgan fingerprint density at radius 2 is 2.33 bits per heavy atom. The second-order valence-electron chi connectivity index (χ2n) is 2.64. The van der Waals surface area contributed by atoms with Crippen molar-refractivity contribution in [1.29, 1.82) is 0 Å². The van der Waals surface area contributed by atoms with Crippen LogP contribution in [0.3, 0.4) is 0 Å². The van der Waals surface area contributed by atoms with E-state index in [1.165, 1.54) is 12.8 Å². The molecule has 1 heterocycles. The molecule has 1 aliphatic rings. The van der Waals surface area contributed by atoms with Gasteiger partial charge in [-0.3, -0.25) is 0 Å². The summed E-state index contributed by atoms with van der Waals surface area (Å²) in [7, 11) is 0. The van der Waals surface area contributed by atoms with Gasteiger partial charge in [-0.15, -0.1) is 0 Å². The zero-order chi connectivity index (χ0) is 6.53. The summed E-state index contributed by atoms with van der Waals surface area (Å²) in [5, 5.41) is 6.81. The Bertz CT molecular complexity index is 64.6. The molecule has 2 heteroatoms. The van der Waals surface area contributed by atoms with Gasteiger partial charge in [-0.25, -0.2) is 0 Å². The Labute approximate surface area is 57.0 Å². The van der Waals surface area contributed by atoms with Gasteiger partial charge in [-0.2, -0.15) is 0 Å². The van der Waals surface area contributed by atoms with Gasteiger partial charge in [0, 0.05) is 25.7 Å². The van der Waals surface area contributed by atoms with Gasteiger partial charge < -0.3 is 10.6 Å². The second kappa shape index (κ2) is 3.85. The first-order valence-electron chi connectivity index (χ1n) is 3.87. The fraction of sp³-hybridized carbons (Fsp3) is 1.00. The van der Waals surface area contributed by atoms with Crippen molar-refractivity contribution in [2.75, 3.05) is 19.6 Å². The average Bonchev–Trinajstić information content (AvgIpc) is 1.91. The number of piperazine rings is 1. The van der Waals surface area contributed by atoms with E-state index in [0.717, 1.165) is 25.7 Å². The second-order valence-corrected chi connectivity index (χ2v) is 2.64. The number of hydrogen-bond donors (Lipinski definition) is 2. The molecule has 0 radical (unpaired) electrons. The lowest BCUT2D eigenvalue weighted by Gasteiger charge is -2.23. The zero-order valence-electron chi connectivity index (χ0n) is 6.11. The third kappa shape index (κ3) is 2.33. The average molecular weight is 128 g/mol. The summed E-state index contributed by atoms with van der Waals surface area (Å²) >= 11 is 0. The maximum atomic E-state index is 3.46. The van der Waals surface area contributed by atoms with Gasteiger partial charge >= 0.3 is 0 Å². The fourth-order valence-electron chi connectivity index (χ4n) is 1.27. The molecule has 0 aromatic heterocycles. The summed E-state index contributed by atoms with van der Waals surface area (Å²) in [5.41, 5.74) is 0. The predicted octanol–water partition coefficient (Wildman–Crippen LogP) is 0.348. The summed E-state index contributed by atoms with van der Waals surface area (Å²) < 4.78 is 0. The van der Waals surface area contributed by atoms with Gasteiger partial charge in [0.1, 0.15) is 0 Å². The molecule has 1 fully saturated rings. The minimum atomic E-state index is 0.740. The zero-order valence-corrected chi connectivity index (χ0v) is 6.11. The summed E-state index contributed by atoms with van der Waals surface area (Å²) in [6.45, 7) is 5.68. The van der Waals surface area contributed by atoms with Crippen molar-refractivity contribution in [2.24, 2.45) is 0 Å². The Balaban J connectivity index is 2.08. The van der Waals surface area contributed by atoms with Crippen molar-refractivity contribution in [3.8, 4) is 0 Å². The monoisotopic (exact) mass is 128 g/mol. The van der Waals surface area contributed by atoms with Crippen LogP contribution in [-0.2, 0) is 0 Å². The van der Waals surface area contributed by atoms with E-state index in [4.69, 9.17) is 0 Å². The Kier molecular flexibility index (Phi) is 3.01. The van der Waals surface area contributed by atoms with Crippen LogP contribution in [0, 0.1) is 0 Å². The van der Waals surface area contributed by atoms with Crippen LogP contribution in [0.5, 0.6) is 0 Å². The lowest BCUT2D eigenvalue weighted by Crippen LogP contribution is -2.48. The lowest BCUT2D eigenvalue weighted by atomic mass is 10.1. The molecule has 1 atom stereocenters. The molecule has 0 bridgehead atoms. The van der Waals surface area contributed by atoms with Crippen LogP contribution in [0.25, 0.3) is 0 Å². The lowest BCUT2D eigenvalue weighted by molar-refractivity contribution is 0.397. The highest BCUT2D eigenvalue weighted by molar-refractivity contribution is 4.74. The number of rotatable bonds is 2. The Hall–Kier alpha value is -0.0800. The van der Waals surface area contributed by atoms with Crippen LogP contribution >= 0.6 is 0 Å². The third-order valence-corrected chi connectivity index (χ3v) is 1.76. The van der Waals surface area contributed by atoms with Crippen LogP contribution < -0.4 is 10.6 Å². The first kappa shape index (κ1) is 7.03. The molecule has 1 unspecified atom stereocenters. The molecule has 0 aromatic rings. The largest absolute Gasteiger partial charge is 0.314 e. The molecule has 1 saturated heterocycles. The SMILES string of the molecule is CCCC1CNCCN1. The molecule has 0 aliphatic carbocycles. The highest BCUT2D eigenvalue weighted by Gasteiger charge is 2.08. The quantitative estimate of drug-likeness (QED) is 0.560. The molecule has 2 N–H and O–H groups in total. The summed E-state index contributed by atoms with van der Waals surface area (Å²) in [6, 6.07) is 0.740. The molecule has 0 amide bonds. The first-order valence-corrected chi connectivity index (χ1v) is 3.87. The highest BCUT2D eigenvalue weighted by Crippen LogP contribution is 1.96. The molecule has 54 valence electrons. The van der Waals surface area contributed by atoms with Gasteiger partial charge in [0.05, 0.1) is 0 Å². The van der Waals surface area contributed by atoms with E-state index in [9.17, 15) is 0 Å². The molecule has 9 heavy (non-hydrogen) atoms. The summed E-state index contributed by atoms with van der Waals surface area (Å²) in [6.07, 6.45) is 2.60. The maximum absolute atomic E-state index is 3.46. The molecule has 2 nitrogen and oxygen atoms in total. The van der Waals surface area contributed by atoms with Crippen molar-refractivity contribution in [3.63, 3.8) is 0 Å². The smallest absolute Gasteiger partial charge is 0.0192 e. The fourth-order valence-corrected chi connectivity index (χ4v) is 1.27. The van der Waals surface area contributed by atoms with Gasteiger partial charge in [0.2, 0.25) is 0 Å². The minimum Gasteiger partial charge on any atom is -0.314 e. The molecular formula is C7H16N2. The minimum absolute atomic E-state index is 0.740. The van der Waals surface area contributed by atoms with Crippen LogP contribution in [0.1, 0.15) is 19.8 Å². The van der Waals surface area contributed by atoms with Gasteiger partial charge in [-0.1, -0.05) is 13.3 Å². The van der Waals surface area contributed by atoms with Gasteiger partial charge in [0.15, 0.2) is 0 Å². The summed E-state index contributed by atoms with van der Waals surface area (Å²) in [5.74, 6) is 0. The highest BCUT2D eigenvalue weighted by atomic mass is 15.0. The van der Waals surface area contributed by atoms with Crippen molar-refractivity contribution in [2.45, 2.75) is 25.8 Å². The van der Waals surface area contributed by atoms with E-state index in [2.05, 4.69) is 17.6 Å². The van der Waals surface area contributed by atoms with Crippen molar-refractivity contribution in [1.82, 2.24) is 10.6 Å². The van der Waals surface area contributed by atoms with E-state index in [1.54, 1.807) is 0 Å². The van der Waals surface area contributed by atoms with Crippen molar-refractivity contribution < 1.29 is 0 Å². The van der Waals surface area contributed by atoms with Crippen molar-refractivity contribution in [3.05, 3.63) is 0 Å². The van der Waals surface area contributed by atoms with E-state index in [0.29, 0.717) is 0 Å². The van der Waals surface area contributed by atoms with E-state index in [-0.39, 0.29) is 0 Å². The predicted molar refractivity (Wildman–Crippen MR) is 39.6 cm³/mol. The van der Waals surface area contributed by atoms with E-state index < -0.39 is 0 Å². The van der Waals surface area contributed by atoms with Crippen LogP contribution in [0.4, 0.5) is 0 Å². The number of hydrogen-bond acceptors (Lipinski definition) is 2. The third-order valence-electron chi connectivity index (χ3n) is 1.76. The Morgan fingerprint density at radius 3 is 2.89 bits per heavy atom. The van der Waals surface area contributed by atoms with Crippen LogP contribution in [0.15, 0.2) is 0 Å². The van der Waals surface area contributed by atoms with Crippen molar-refractivity contribution >= 4 is 0 Å². The molecule has 1 aliphatic heterocycles. The van der Waals surface area contributed by atoms with Crippen LogP contribution in [-0.4, -0.2) is 25.7 Å². The molecule has 0 spiro atoms. The molecule has 0 aromatic carbocycles. The van der Waals surface area contributed by atoms with Gasteiger partial charge in [-0.05, 0) is 6.42 Å².